The van der Waals surface area contributed by atoms with Gasteiger partial charge in [-0.2, -0.15) is 5.10 Å². The Morgan fingerprint density at radius 1 is 1.16 bits per heavy atom. The molecule has 4 aromatic rings. The second kappa shape index (κ2) is 5.86. The summed E-state index contributed by atoms with van der Waals surface area (Å²) in [6.07, 6.45) is 0. The van der Waals surface area contributed by atoms with E-state index >= 15 is 0 Å². The Bertz CT molecular complexity index is 1100. The first-order chi connectivity index (χ1) is 12.1. The highest BCUT2D eigenvalue weighted by Crippen LogP contribution is 2.25. The summed E-state index contributed by atoms with van der Waals surface area (Å²) in [6.45, 7) is 2.24. The zero-order chi connectivity index (χ0) is 17.4. The Kier molecular flexibility index (Phi) is 3.53. The minimum absolute atomic E-state index is 0.0978. The molecule has 2 aromatic heterocycles. The zero-order valence-corrected chi connectivity index (χ0v) is 13.5. The lowest BCUT2D eigenvalue weighted by atomic mass is 10.1. The molecule has 0 aliphatic rings. The summed E-state index contributed by atoms with van der Waals surface area (Å²) >= 11 is 0. The number of nitro groups is 1. The van der Waals surface area contributed by atoms with Crippen molar-refractivity contribution in [3.05, 3.63) is 76.0 Å². The number of aromatic nitrogens is 3. The summed E-state index contributed by atoms with van der Waals surface area (Å²) in [7, 11) is 0. The highest BCUT2D eigenvalue weighted by molar-refractivity contribution is 5.91. The van der Waals surface area contributed by atoms with Crippen LogP contribution < -0.4 is 5.32 Å². The number of anilines is 1. The number of rotatable bonds is 4. The van der Waals surface area contributed by atoms with Crippen molar-refractivity contribution < 1.29 is 4.92 Å². The fraction of sp³-hybridized carbons (Fsp3) is 0.111. The van der Waals surface area contributed by atoms with Crippen LogP contribution in [0.4, 0.5) is 11.5 Å². The number of nitrogens with one attached hydrogen (secondary N) is 1. The number of nitro benzene ring substituents is 1. The van der Waals surface area contributed by atoms with Crippen LogP contribution in [-0.4, -0.2) is 19.5 Å². The molecule has 0 aliphatic heterocycles. The molecule has 2 heterocycles. The van der Waals surface area contributed by atoms with Crippen LogP contribution >= 0.6 is 0 Å². The lowest BCUT2D eigenvalue weighted by Crippen LogP contribution is -2.06. The monoisotopic (exact) mass is 333 g/mol. The second-order valence-corrected chi connectivity index (χ2v) is 5.77. The zero-order valence-electron chi connectivity index (χ0n) is 13.5. The van der Waals surface area contributed by atoms with Crippen molar-refractivity contribution in [2.75, 3.05) is 5.32 Å². The third-order valence-electron chi connectivity index (χ3n) is 4.06. The van der Waals surface area contributed by atoms with Gasteiger partial charge in [0, 0.05) is 29.6 Å². The van der Waals surface area contributed by atoms with Crippen LogP contribution in [0.5, 0.6) is 0 Å². The highest BCUT2D eigenvalue weighted by atomic mass is 16.6. The van der Waals surface area contributed by atoms with Crippen molar-refractivity contribution in [2.45, 2.75) is 13.5 Å². The van der Waals surface area contributed by atoms with Crippen LogP contribution in [0.3, 0.4) is 0 Å². The first kappa shape index (κ1) is 15.1. The number of benzene rings is 2. The second-order valence-electron chi connectivity index (χ2n) is 5.77. The number of para-hydroxylation sites is 2. The topological polar surface area (TPSA) is 85.4 Å². The normalized spacial score (nSPS) is 11.1. The molecule has 7 heteroatoms. The smallest absolute Gasteiger partial charge is 0.274 e. The predicted molar refractivity (Wildman–Crippen MR) is 95.7 cm³/mol. The van der Waals surface area contributed by atoms with Gasteiger partial charge in [0.15, 0.2) is 5.65 Å². The molecule has 0 unspecified atom stereocenters. The Morgan fingerprint density at radius 2 is 1.92 bits per heavy atom. The van der Waals surface area contributed by atoms with Gasteiger partial charge in [-0.1, -0.05) is 30.3 Å². The fourth-order valence-corrected chi connectivity index (χ4v) is 2.93. The van der Waals surface area contributed by atoms with Gasteiger partial charge in [0.2, 0.25) is 0 Å². The molecule has 0 radical (unpaired) electrons. The molecule has 0 saturated heterocycles. The van der Waals surface area contributed by atoms with E-state index in [2.05, 4.69) is 15.4 Å². The van der Waals surface area contributed by atoms with Crippen LogP contribution in [-0.2, 0) is 6.54 Å². The number of aryl methyl sites for hydroxylation is 1. The van der Waals surface area contributed by atoms with E-state index in [1.165, 1.54) is 6.07 Å². The van der Waals surface area contributed by atoms with Gasteiger partial charge in [0.25, 0.3) is 5.69 Å². The van der Waals surface area contributed by atoms with E-state index in [0.29, 0.717) is 17.9 Å². The Morgan fingerprint density at radius 3 is 2.76 bits per heavy atom. The summed E-state index contributed by atoms with van der Waals surface area (Å²) in [4.78, 5) is 15.4. The summed E-state index contributed by atoms with van der Waals surface area (Å²) in [5, 5.41) is 19.8. The van der Waals surface area contributed by atoms with Crippen LogP contribution in [0.25, 0.3) is 16.6 Å². The predicted octanol–water partition coefficient (Wildman–Crippen LogP) is 3.71. The van der Waals surface area contributed by atoms with E-state index in [1.54, 1.807) is 22.7 Å². The number of hydrogen-bond acceptors (Lipinski definition) is 5. The van der Waals surface area contributed by atoms with E-state index in [4.69, 9.17) is 0 Å². The first-order valence-corrected chi connectivity index (χ1v) is 7.85. The van der Waals surface area contributed by atoms with E-state index in [0.717, 1.165) is 22.2 Å². The minimum Gasteiger partial charge on any atom is -0.365 e. The van der Waals surface area contributed by atoms with Gasteiger partial charge in [0.1, 0.15) is 5.82 Å². The molecule has 0 spiro atoms. The van der Waals surface area contributed by atoms with E-state index in [-0.39, 0.29) is 10.6 Å². The standard InChI is InChI=1S/C18H15N5O2/c1-12-10-17-20-18(14-7-3-5-9-16(14)22(17)21-12)19-11-13-6-2-4-8-15(13)23(24)25/h2-10H,11H2,1H3,(H,19,20). The van der Waals surface area contributed by atoms with Crippen LogP contribution in [0.15, 0.2) is 54.6 Å². The molecule has 124 valence electrons. The Hall–Kier alpha value is -3.48. The molecule has 2 aromatic carbocycles. The van der Waals surface area contributed by atoms with Crippen molar-refractivity contribution in [1.29, 1.82) is 0 Å². The molecule has 0 atom stereocenters. The van der Waals surface area contributed by atoms with Crippen molar-refractivity contribution in [3.63, 3.8) is 0 Å². The van der Waals surface area contributed by atoms with Crippen LogP contribution in [0.2, 0.25) is 0 Å². The Labute approximate surface area is 143 Å². The molecule has 0 saturated carbocycles. The van der Waals surface area contributed by atoms with Crippen molar-refractivity contribution >= 4 is 28.1 Å². The average molecular weight is 333 g/mol. The third-order valence-corrected chi connectivity index (χ3v) is 4.06. The SMILES string of the molecule is Cc1cc2nc(NCc3ccccc3[N+](=O)[O-])c3ccccc3n2n1. The van der Waals surface area contributed by atoms with Crippen molar-refractivity contribution in [3.8, 4) is 0 Å². The van der Waals surface area contributed by atoms with Crippen LogP contribution in [0.1, 0.15) is 11.3 Å². The maximum absolute atomic E-state index is 11.2. The summed E-state index contributed by atoms with van der Waals surface area (Å²) in [5.74, 6) is 0.682. The molecule has 7 nitrogen and oxygen atoms in total. The molecule has 25 heavy (non-hydrogen) atoms. The summed E-state index contributed by atoms with van der Waals surface area (Å²) in [6, 6.07) is 16.4. The average Bonchev–Trinajstić information content (AvgIpc) is 3.00. The molecular formula is C18H15N5O2. The number of nitrogens with zero attached hydrogens (tertiary/aromatic N) is 4. The van der Waals surface area contributed by atoms with Gasteiger partial charge in [0.05, 0.1) is 16.1 Å². The minimum atomic E-state index is -0.369. The first-order valence-electron chi connectivity index (χ1n) is 7.85. The maximum Gasteiger partial charge on any atom is 0.274 e. The molecule has 0 fully saturated rings. The van der Waals surface area contributed by atoms with Gasteiger partial charge >= 0.3 is 0 Å². The molecule has 0 bridgehead atoms. The molecule has 0 aliphatic carbocycles. The lowest BCUT2D eigenvalue weighted by Gasteiger charge is -2.10. The molecule has 0 amide bonds. The van der Waals surface area contributed by atoms with Crippen molar-refractivity contribution in [2.24, 2.45) is 0 Å². The van der Waals surface area contributed by atoms with E-state index in [9.17, 15) is 10.1 Å². The fourth-order valence-electron chi connectivity index (χ4n) is 2.93. The number of fused-ring (bicyclic) bond motifs is 3. The summed E-state index contributed by atoms with van der Waals surface area (Å²) < 4.78 is 1.81. The largest absolute Gasteiger partial charge is 0.365 e. The Balaban J connectivity index is 1.78. The van der Waals surface area contributed by atoms with Gasteiger partial charge in [-0.3, -0.25) is 10.1 Å². The highest BCUT2D eigenvalue weighted by Gasteiger charge is 2.14. The van der Waals surface area contributed by atoms with E-state index < -0.39 is 0 Å². The quantitative estimate of drug-likeness (QED) is 0.454. The number of hydrogen-bond donors (Lipinski definition) is 1. The van der Waals surface area contributed by atoms with Crippen LogP contribution in [0, 0.1) is 17.0 Å². The van der Waals surface area contributed by atoms with Gasteiger partial charge < -0.3 is 5.32 Å². The third kappa shape index (κ3) is 2.65. The van der Waals surface area contributed by atoms with Gasteiger partial charge in [-0.05, 0) is 19.1 Å². The van der Waals surface area contributed by atoms with Gasteiger partial charge in [-0.25, -0.2) is 9.50 Å². The van der Waals surface area contributed by atoms with Crippen molar-refractivity contribution in [1.82, 2.24) is 14.6 Å². The van der Waals surface area contributed by atoms with E-state index in [1.807, 2.05) is 37.3 Å². The molecule has 4 rings (SSSR count). The molecular weight excluding hydrogens is 318 g/mol. The van der Waals surface area contributed by atoms with Gasteiger partial charge in [-0.15, -0.1) is 0 Å². The molecule has 1 N–H and O–H groups in total. The lowest BCUT2D eigenvalue weighted by molar-refractivity contribution is -0.385. The summed E-state index contributed by atoms with van der Waals surface area (Å²) in [5.41, 5.74) is 3.27. The maximum atomic E-state index is 11.2.